The van der Waals surface area contributed by atoms with Crippen LogP contribution < -0.4 is 9.47 Å². The molecule has 4 aromatic rings. The number of ether oxygens (including phenoxy) is 2. The first kappa shape index (κ1) is 25.5. The molecule has 0 amide bonds. The maximum Gasteiger partial charge on any atom is 0.150 e. The van der Waals surface area contributed by atoms with Crippen LogP contribution in [-0.2, 0) is 6.42 Å². The van der Waals surface area contributed by atoms with E-state index in [1.54, 1.807) is 24.3 Å². The molecule has 0 radical (unpaired) electrons. The van der Waals surface area contributed by atoms with Crippen molar-refractivity contribution in [2.24, 2.45) is 0 Å². The smallest absolute Gasteiger partial charge is 0.150 e. The molecular weight excluding hydrogens is 520 g/mol. The topological polar surface area (TPSA) is 180 Å². The predicted octanol–water partition coefficient (Wildman–Crippen LogP) is 3.58. The zero-order valence-corrected chi connectivity index (χ0v) is 20.8. The molecule has 4 aromatic carbocycles. The number of phenols is 6. The molecule has 206 valence electrons. The van der Waals surface area contributed by atoms with Crippen LogP contribution in [0.1, 0.15) is 45.9 Å². The number of hydrogen-bond acceptors (Lipinski definition) is 10. The maximum absolute atomic E-state index is 11.7. The normalized spacial score (nSPS) is 23.4. The lowest BCUT2D eigenvalue weighted by molar-refractivity contribution is 0.00124. The zero-order chi connectivity index (χ0) is 28.3. The predicted molar refractivity (Wildman–Crippen MR) is 140 cm³/mol. The molecule has 5 atom stereocenters. The highest BCUT2D eigenvalue weighted by atomic mass is 16.5. The molecule has 0 spiro atoms. The van der Waals surface area contributed by atoms with Crippen molar-refractivity contribution in [2.75, 3.05) is 0 Å². The molecular formula is C30H26O10. The Hall–Kier alpha value is -4.80. The van der Waals surface area contributed by atoms with E-state index in [4.69, 9.17) is 9.47 Å². The lowest BCUT2D eigenvalue weighted by Gasteiger charge is -2.40. The second kappa shape index (κ2) is 9.44. The third kappa shape index (κ3) is 4.14. The van der Waals surface area contributed by atoms with Crippen LogP contribution in [0, 0.1) is 0 Å². The second-order valence-electron chi connectivity index (χ2n) is 10.0. The minimum Gasteiger partial charge on any atom is -0.508 e. The molecule has 0 aliphatic carbocycles. The Kier molecular flexibility index (Phi) is 6.01. The van der Waals surface area contributed by atoms with Gasteiger partial charge in [-0.15, -0.1) is 0 Å². The number of aliphatic hydroxyl groups excluding tert-OH is 2. The molecule has 0 saturated heterocycles. The number of hydrogen-bond donors (Lipinski definition) is 8. The van der Waals surface area contributed by atoms with Gasteiger partial charge in [0.15, 0.2) is 6.10 Å². The molecule has 2 aliphatic heterocycles. The van der Waals surface area contributed by atoms with Gasteiger partial charge in [-0.1, -0.05) is 24.3 Å². The molecule has 0 unspecified atom stereocenters. The Bertz CT molecular complexity index is 1580. The van der Waals surface area contributed by atoms with Gasteiger partial charge in [-0.25, -0.2) is 0 Å². The highest BCUT2D eigenvalue weighted by Crippen LogP contribution is 2.57. The average molecular weight is 547 g/mol. The Labute approximate surface area is 227 Å². The van der Waals surface area contributed by atoms with E-state index in [0.29, 0.717) is 11.1 Å². The Balaban J connectivity index is 1.55. The van der Waals surface area contributed by atoms with Crippen LogP contribution in [0.3, 0.4) is 0 Å². The van der Waals surface area contributed by atoms with Crippen molar-refractivity contribution in [1.29, 1.82) is 0 Å². The molecule has 0 saturated carbocycles. The van der Waals surface area contributed by atoms with E-state index in [-0.39, 0.29) is 57.6 Å². The summed E-state index contributed by atoms with van der Waals surface area (Å²) in [6.45, 7) is 0. The number of aromatic hydroxyl groups is 6. The highest BCUT2D eigenvalue weighted by Gasteiger charge is 2.46. The van der Waals surface area contributed by atoms with Crippen LogP contribution in [0.5, 0.6) is 46.0 Å². The van der Waals surface area contributed by atoms with E-state index >= 15 is 0 Å². The SMILES string of the molecule is Oc1ccc([C@H]2Oc3c(c(O)cc(O)c3[C@@H]3c4c(O)cc(O)cc4O[C@@H](c4ccc(O)cc4)[C@H]3O)C[C@H]2O)cc1. The van der Waals surface area contributed by atoms with E-state index in [2.05, 4.69) is 0 Å². The van der Waals surface area contributed by atoms with Crippen LogP contribution in [0.25, 0.3) is 0 Å². The van der Waals surface area contributed by atoms with Gasteiger partial charge in [0.05, 0.1) is 12.0 Å². The summed E-state index contributed by atoms with van der Waals surface area (Å²) in [7, 11) is 0. The van der Waals surface area contributed by atoms with Crippen molar-refractivity contribution in [3.05, 3.63) is 94.5 Å². The fraction of sp³-hybridized carbons (Fsp3) is 0.200. The molecule has 0 bridgehead atoms. The van der Waals surface area contributed by atoms with Crippen molar-refractivity contribution in [3.8, 4) is 46.0 Å². The van der Waals surface area contributed by atoms with E-state index in [1.165, 1.54) is 30.3 Å². The summed E-state index contributed by atoms with van der Waals surface area (Å²) in [6.07, 6.45) is -4.61. The lowest BCUT2D eigenvalue weighted by atomic mass is 9.77. The Morgan fingerprint density at radius 2 is 1.15 bits per heavy atom. The van der Waals surface area contributed by atoms with Gasteiger partial charge in [0, 0.05) is 41.3 Å². The van der Waals surface area contributed by atoms with Crippen molar-refractivity contribution in [1.82, 2.24) is 0 Å². The quantitative estimate of drug-likeness (QED) is 0.189. The standard InChI is InChI=1S/C30H26O10/c31-15-5-1-13(2-6-15)28-22(37)11-18-19(34)12-21(36)25(30(18)40-28)26-24-20(35)9-17(33)10-23(24)39-29(27(26)38)14-3-7-16(32)8-4-14/h1-10,12,22,26-29,31-38H,11H2/t22-,26+,27+,28-,29+/m1/s1. The molecule has 0 aromatic heterocycles. The summed E-state index contributed by atoms with van der Waals surface area (Å²) in [5.74, 6) is -2.59. The number of aliphatic hydroxyl groups is 2. The van der Waals surface area contributed by atoms with Gasteiger partial charge in [0.1, 0.15) is 58.2 Å². The summed E-state index contributed by atoms with van der Waals surface area (Å²) in [6, 6.07) is 15.4. The molecule has 8 N–H and O–H groups in total. The minimum absolute atomic E-state index is 0.00114. The Morgan fingerprint density at radius 1 is 0.575 bits per heavy atom. The molecule has 10 nitrogen and oxygen atoms in total. The van der Waals surface area contributed by atoms with Crippen LogP contribution in [0.2, 0.25) is 0 Å². The van der Waals surface area contributed by atoms with Gasteiger partial charge in [0.2, 0.25) is 0 Å². The van der Waals surface area contributed by atoms with Crippen LogP contribution >= 0.6 is 0 Å². The third-order valence-corrected chi connectivity index (χ3v) is 7.46. The largest absolute Gasteiger partial charge is 0.508 e. The first-order valence-corrected chi connectivity index (χ1v) is 12.5. The number of benzene rings is 4. The zero-order valence-electron chi connectivity index (χ0n) is 20.8. The molecule has 0 fully saturated rings. The number of rotatable bonds is 3. The Morgan fingerprint density at radius 3 is 1.77 bits per heavy atom. The van der Waals surface area contributed by atoms with Gasteiger partial charge in [-0.3, -0.25) is 0 Å². The fourth-order valence-corrected chi connectivity index (χ4v) is 5.60. The molecule has 40 heavy (non-hydrogen) atoms. The fourth-order valence-electron chi connectivity index (χ4n) is 5.60. The van der Waals surface area contributed by atoms with Crippen molar-refractivity contribution < 1.29 is 50.3 Å². The average Bonchev–Trinajstić information content (AvgIpc) is 2.91. The maximum atomic E-state index is 11.7. The summed E-state index contributed by atoms with van der Waals surface area (Å²) in [5, 5.41) is 85.1. The van der Waals surface area contributed by atoms with Gasteiger partial charge in [-0.05, 0) is 35.4 Å². The summed E-state index contributed by atoms with van der Waals surface area (Å²) < 4.78 is 12.3. The van der Waals surface area contributed by atoms with Crippen molar-refractivity contribution in [3.63, 3.8) is 0 Å². The van der Waals surface area contributed by atoms with Gasteiger partial charge >= 0.3 is 0 Å². The molecule has 6 rings (SSSR count). The van der Waals surface area contributed by atoms with Crippen molar-refractivity contribution >= 4 is 0 Å². The first-order valence-electron chi connectivity index (χ1n) is 12.5. The van der Waals surface area contributed by atoms with Gasteiger partial charge in [-0.2, -0.15) is 0 Å². The minimum atomic E-state index is -1.44. The molecule has 2 heterocycles. The highest BCUT2D eigenvalue weighted by molar-refractivity contribution is 5.65. The van der Waals surface area contributed by atoms with E-state index in [1.807, 2.05) is 0 Å². The van der Waals surface area contributed by atoms with Crippen LogP contribution in [0.4, 0.5) is 0 Å². The van der Waals surface area contributed by atoms with E-state index in [0.717, 1.165) is 12.1 Å². The van der Waals surface area contributed by atoms with E-state index < -0.39 is 41.8 Å². The molecule has 10 heteroatoms. The van der Waals surface area contributed by atoms with E-state index in [9.17, 15) is 40.9 Å². The van der Waals surface area contributed by atoms with Gasteiger partial charge in [0.25, 0.3) is 0 Å². The third-order valence-electron chi connectivity index (χ3n) is 7.46. The van der Waals surface area contributed by atoms with Crippen LogP contribution in [0.15, 0.2) is 66.7 Å². The summed E-state index contributed by atoms with van der Waals surface area (Å²) >= 11 is 0. The summed E-state index contributed by atoms with van der Waals surface area (Å²) in [5.41, 5.74) is 1.28. The van der Waals surface area contributed by atoms with Crippen LogP contribution in [-0.4, -0.2) is 53.1 Å². The summed E-state index contributed by atoms with van der Waals surface area (Å²) in [4.78, 5) is 0. The second-order valence-corrected chi connectivity index (χ2v) is 10.0. The molecule has 2 aliphatic rings. The van der Waals surface area contributed by atoms with Gasteiger partial charge < -0.3 is 50.3 Å². The first-order chi connectivity index (χ1) is 19.1. The lowest BCUT2D eigenvalue weighted by Crippen LogP contribution is -2.36. The van der Waals surface area contributed by atoms with Crippen molar-refractivity contribution in [2.45, 2.75) is 36.8 Å². The number of phenolic OH excluding ortho intramolecular Hbond substituents is 6. The number of fused-ring (bicyclic) bond motifs is 2. The monoisotopic (exact) mass is 546 g/mol.